The Morgan fingerprint density at radius 2 is 2.16 bits per heavy atom. The van der Waals surface area contributed by atoms with E-state index in [0.29, 0.717) is 10.6 Å². The molecule has 1 rings (SSSR count). The van der Waals surface area contributed by atoms with Gasteiger partial charge < -0.3 is 15.5 Å². The van der Waals surface area contributed by atoms with Gasteiger partial charge in [0.15, 0.2) is 0 Å². The zero-order chi connectivity index (χ0) is 14.3. The molecule has 1 unspecified atom stereocenters. The van der Waals surface area contributed by atoms with Gasteiger partial charge in [0, 0.05) is 23.6 Å². The molecule has 0 heterocycles. The topological polar surface area (TPSA) is 69.6 Å². The number of amides is 1. The average molecular weight is 287 g/mol. The van der Waals surface area contributed by atoms with Gasteiger partial charge in [0.25, 0.3) is 0 Å². The number of hydrogen-bond donors (Lipinski definition) is 3. The largest absolute Gasteiger partial charge is 0.393 e. The summed E-state index contributed by atoms with van der Waals surface area (Å²) in [5.41, 5.74) is -1.31. The van der Waals surface area contributed by atoms with Gasteiger partial charge >= 0.3 is 0 Å². The van der Waals surface area contributed by atoms with E-state index in [0.717, 1.165) is 0 Å². The molecule has 0 aliphatic heterocycles. The van der Waals surface area contributed by atoms with E-state index in [4.69, 9.17) is 5.11 Å². The zero-order valence-electron chi connectivity index (χ0n) is 10.7. The van der Waals surface area contributed by atoms with Gasteiger partial charge in [0.05, 0.1) is 6.61 Å². The molecule has 0 saturated heterocycles. The second-order valence-electron chi connectivity index (χ2n) is 4.46. The molecule has 106 valence electrons. The highest BCUT2D eigenvalue weighted by Gasteiger charge is 2.19. The average Bonchev–Trinajstić information content (AvgIpc) is 2.39. The molecular weight excluding hydrogens is 269 g/mol. The van der Waals surface area contributed by atoms with Crippen molar-refractivity contribution in [3.05, 3.63) is 30.1 Å². The first-order valence-electron chi connectivity index (χ1n) is 5.92. The lowest BCUT2D eigenvalue weighted by Gasteiger charge is -2.20. The molecule has 6 heteroatoms. The maximum Gasteiger partial charge on any atom is 0.220 e. The Kier molecular flexibility index (Phi) is 6.27. The normalized spacial score (nSPS) is 13.9. The SMILES string of the molecule is CC(O)(CO)CNC(=O)CCSc1ccccc1F. The number of rotatable bonds is 7. The summed E-state index contributed by atoms with van der Waals surface area (Å²) >= 11 is 1.27. The summed E-state index contributed by atoms with van der Waals surface area (Å²) in [6.07, 6.45) is 0.223. The van der Waals surface area contributed by atoms with Crippen LogP contribution in [0.3, 0.4) is 0 Å². The molecule has 4 nitrogen and oxygen atoms in total. The van der Waals surface area contributed by atoms with Crippen molar-refractivity contribution in [3.8, 4) is 0 Å². The molecule has 1 amide bonds. The smallest absolute Gasteiger partial charge is 0.220 e. The Bertz CT molecular complexity index is 426. The van der Waals surface area contributed by atoms with E-state index in [1.54, 1.807) is 18.2 Å². The second kappa shape index (κ2) is 7.47. The third-order valence-electron chi connectivity index (χ3n) is 2.43. The van der Waals surface area contributed by atoms with Crippen molar-refractivity contribution in [2.45, 2.75) is 23.8 Å². The predicted molar refractivity (Wildman–Crippen MR) is 72.5 cm³/mol. The van der Waals surface area contributed by atoms with E-state index in [1.165, 1.54) is 24.8 Å². The first-order chi connectivity index (χ1) is 8.94. The predicted octanol–water partition coefficient (Wildman–Crippen LogP) is 1.17. The van der Waals surface area contributed by atoms with Gasteiger partial charge in [0.2, 0.25) is 5.91 Å². The standard InChI is InChI=1S/C13H18FNO3S/c1-13(18,9-16)8-15-12(17)6-7-19-11-5-3-2-4-10(11)14/h2-5,16,18H,6-9H2,1H3,(H,15,17). The molecule has 0 radical (unpaired) electrons. The van der Waals surface area contributed by atoms with Crippen LogP contribution in [-0.2, 0) is 4.79 Å². The highest BCUT2D eigenvalue weighted by Crippen LogP contribution is 2.21. The molecule has 1 aromatic carbocycles. The number of benzene rings is 1. The fourth-order valence-electron chi connectivity index (χ4n) is 1.25. The highest BCUT2D eigenvalue weighted by molar-refractivity contribution is 7.99. The van der Waals surface area contributed by atoms with E-state index in [2.05, 4.69) is 5.32 Å². The number of aliphatic hydroxyl groups is 2. The van der Waals surface area contributed by atoms with Gasteiger partial charge in [-0.25, -0.2) is 4.39 Å². The Balaban J connectivity index is 2.26. The Labute approximate surface area is 116 Å². The molecule has 0 aliphatic rings. The zero-order valence-corrected chi connectivity index (χ0v) is 11.5. The van der Waals surface area contributed by atoms with Crippen molar-refractivity contribution in [3.63, 3.8) is 0 Å². The first-order valence-corrected chi connectivity index (χ1v) is 6.90. The molecule has 0 spiro atoms. The summed E-state index contributed by atoms with van der Waals surface area (Å²) < 4.78 is 13.3. The van der Waals surface area contributed by atoms with Gasteiger partial charge in [0.1, 0.15) is 11.4 Å². The fourth-order valence-corrected chi connectivity index (χ4v) is 2.14. The Morgan fingerprint density at radius 1 is 1.47 bits per heavy atom. The minimum atomic E-state index is -1.31. The van der Waals surface area contributed by atoms with Crippen molar-refractivity contribution >= 4 is 17.7 Å². The fraction of sp³-hybridized carbons (Fsp3) is 0.462. The summed E-state index contributed by atoms with van der Waals surface area (Å²) in [7, 11) is 0. The molecule has 19 heavy (non-hydrogen) atoms. The number of hydrogen-bond acceptors (Lipinski definition) is 4. The molecule has 0 saturated carbocycles. The lowest BCUT2D eigenvalue weighted by molar-refractivity contribution is -0.122. The third-order valence-corrected chi connectivity index (χ3v) is 3.48. The van der Waals surface area contributed by atoms with E-state index in [9.17, 15) is 14.3 Å². The molecule has 1 aromatic rings. The van der Waals surface area contributed by atoms with E-state index >= 15 is 0 Å². The monoisotopic (exact) mass is 287 g/mol. The van der Waals surface area contributed by atoms with E-state index in [-0.39, 0.29) is 24.7 Å². The van der Waals surface area contributed by atoms with Crippen molar-refractivity contribution in [2.75, 3.05) is 18.9 Å². The molecule has 3 N–H and O–H groups in total. The van der Waals surface area contributed by atoms with Gasteiger partial charge in [-0.1, -0.05) is 12.1 Å². The Morgan fingerprint density at radius 3 is 2.79 bits per heavy atom. The summed E-state index contributed by atoms with van der Waals surface area (Å²) in [5.74, 6) is -0.0812. The van der Waals surface area contributed by atoms with Crippen molar-refractivity contribution in [1.82, 2.24) is 5.32 Å². The molecule has 0 aliphatic carbocycles. The second-order valence-corrected chi connectivity index (χ2v) is 5.60. The molecule has 0 fully saturated rings. The molecule has 0 bridgehead atoms. The minimum absolute atomic E-state index is 0.00724. The summed E-state index contributed by atoms with van der Waals surface area (Å²) in [5, 5.41) is 20.8. The lowest BCUT2D eigenvalue weighted by Crippen LogP contribution is -2.43. The first kappa shape index (κ1) is 15.9. The number of carbonyl (C=O) groups excluding carboxylic acids is 1. The number of halogens is 1. The van der Waals surface area contributed by atoms with Crippen molar-refractivity contribution in [1.29, 1.82) is 0 Å². The third kappa shape index (κ3) is 6.04. The molecular formula is C13H18FNO3S. The Hall–Kier alpha value is -1.11. The van der Waals surface area contributed by atoms with Crippen LogP contribution in [0.1, 0.15) is 13.3 Å². The van der Waals surface area contributed by atoms with Crippen LogP contribution < -0.4 is 5.32 Å². The van der Waals surface area contributed by atoms with Crippen molar-refractivity contribution in [2.24, 2.45) is 0 Å². The van der Waals surface area contributed by atoms with Crippen LogP contribution in [-0.4, -0.2) is 40.6 Å². The van der Waals surface area contributed by atoms with E-state index < -0.39 is 12.2 Å². The van der Waals surface area contributed by atoms with Crippen LogP contribution in [0.2, 0.25) is 0 Å². The number of aliphatic hydroxyl groups excluding tert-OH is 1. The van der Waals surface area contributed by atoms with Crippen LogP contribution in [0.5, 0.6) is 0 Å². The number of nitrogens with one attached hydrogen (secondary N) is 1. The quantitative estimate of drug-likeness (QED) is 0.658. The summed E-state index contributed by atoms with van der Waals surface area (Å²) in [6, 6.07) is 6.39. The lowest BCUT2D eigenvalue weighted by atomic mass is 10.1. The maximum absolute atomic E-state index is 13.3. The number of thioether (sulfide) groups is 1. The van der Waals surface area contributed by atoms with Crippen LogP contribution in [0.15, 0.2) is 29.2 Å². The van der Waals surface area contributed by atoms with Crippen LogP contribution in [0.25, 0.3) is 0 Å². The van der Waals surface area contributed by atoms with Gasteiger partial charge in [-0.05, 0) is 19.1 Å². The van der Waals surface area contributed by atoms with Crippen molar-refractivity contribution < 1.29 is 19.4 Å². The maximum atomic E-state index is 13.3. The van der Waals surface area contributed by atoms with Gasteiger partial charge in [-0.2, -0.15) is 0 Å². The van der Waals surface area contributed by atoms with Crippen LogP contribution in [0, 0.1) is 5.82 Å². The van der Waals surface area contributed by atoms with Gasteiger partial charge in [-0.15, -0.1) is 11.8 Å². The molecule has 0 aromatic heterocycles. The van der Waals surface area contributed by atoms with E-state index in [1.807, 2.05) is 0 Å². The number of carbonyl (C=O) groups is 1. The molecule has 1 atom stereocenters. The highest BCUT2D eigenvalue weighted by atomic mass is 32.2. The summed E-state index contributed by atoms with van der Waals surface area (Å²) in [4.78, 5) is 12.0. The van der Waals surface area contributed by atoms with Crippen LogP contribution in [0.4, 0.5) is 4.39 Å². The van der Waals surface area contributed by atoms with Gasteiger partial charge in [-0.3, -0.25) is 4.79 Å². The van der Waals surface area contributed by atoms with Crippen LogP contribution >= 0.6 is 11.8 Å². The summed E-state index contributed by atoms with van der Waals surface area (Å²) in [6.45, 7) is 1.01. The minimum Gasteiger partial charge on any atom is -0.393 e.